The van der Waals surface area contributed by atoms with Gasteiger partial charge in [-0.25, -0.2) is 4.79 Å². The molecule has 0 fully saturated rings. The molecule has 94 valence electrons. The third kappa shape index (κ3) is 4.89. The van der Waals surface area contributed by atoms with Crippen molar-refractivity contribution in [3.05, 3.63) is 29.3 Å². The smallest absolute Gasteiger partial charge is 0.319 e. The van der Waals surface area contributed by atoms with Gasteiger partial charge in [0.05, 0.1) is 0 Å². The van der Waals surface area contributed by atoms with E-state index in [9.17, 15) is 4.79 Å². The Morgan fingerprint density at radius 2 is 2.00 bits per heavy atom. The van der Waals surface area contributed by atoms with Crippen molar-refractivity contribution in [1.82, 2.24) is 5.32 Å². The molecule has 0 aliphatic rings. The van der Waals surface area contributed by atoms with Crippen molar-refractivity contribution in [1.29, 1.82) is 0 Å². The lowest BCUT2D eigenvalue weighted by Crippen LogP contribution is -2.30. The van der Waals surface area contributed by atoms with Crippen LogP contribution in [0.5, 0.6) is 0 Å². The van der Waals surface area contributed by atoms with E-state index in [0.29, 0.717) is 12.5 Å². The van der Waals surface area contributed by atoms with Gasteiger partial charge in [0.2, 0.25) is 0 Å². The zero-order valence-electron chi connectivity index (χ0n) is 11.1. The van der Waals surface area contributed by atoms with E-state index in [1.165, 1.54) is 5.56 Å². The Labute approximate surface area is 104 Å². The summed E-state index contributed by atoms with van der Waals surface area (Å²) in [6.07, 6.45) is 1.00. The SMILES string of the molecule is Cc1ccc(NC(=O)NCCC(C)C)c(C)c1. The normalized spacial score (nSPS) is 10.4. The molecule has 0 radical (unpaired) electrons. The summed E-state index contributed by atoms with van der Waals surface area (Å²) < 4.78 is 0. The lowest BCUT2D eigenvalue weighted by atomic mass is 10.1. The van der Waals surface area contributed by atoms with Crippen LogP contribution in [0.2, 0.25) is 0 Å². The summed E-state index contributed by atoms with van der Waals surface area (Å²) in [4.78, 5) is 11.6. The monoisotopic (exact) mass is 234 g/mol. The number of urea groups is 1. The fraction of sp³-hybridized carbons (Fsp3) is 0.500. The van der Waals surface area contributed by atoms with E-state index < -0.39 is 0 Å². The molecule has 0 aliphatic carbocycles. The first-order valence-electron chi connectivity index (χ1n) is 6.11. The molecule has 3 nitrogen and oxygen atoms in total. The van der Waals surface area contributed by atoms with E-state index >= 15 is 0 Å². The van der Waals surface area contributed by atoms with Crippen molar-refractivity contribution in [3.63, 3.8) is 0 Å². The molecule has 1 aromatic rings. The zero-order valence-corrected chi connectivity index (χ0v) is 11.1. The number of carbonyl (C=O) groups is 1. The molecule has 0 bridgehead atoms. The van der Waals surface area contributed by atoms with Crippen molar-refractivity contribution in [2.45, 2.75) is 34.1 Å². The molecular formula is C14H22N2O. The second-order valence-corrected chi connectivity index (χ2v) is 4.88. The molecule has 0 heterocycles. The van der Waals surface area contributed by atoms with Crippen molar-refractivity contribution in [2.24, 2.45) is 5.92 Å². The number of nitrogens with one attached hydrogen (secondary N) is 2. The fourth-order valence-corrected chi connectivity index (χ4v) is 1.59. The third-order valence-electron chi connectivity index (χ3n) is 2.64. The Hall–Kier alpha value is -1.51. The number of hydrogen-bond acceptors (Lipinski definition) is 1. The fourth-order valence-electron chi connectivity index (χ4n) is 1.59. The van der Waals surface area contributed by atoms with Gasteiger partial charge in [-0.1, -0.05) is 31.5 Å². The predicted molar refractivity (Wildman–Crippen MR) is 72.4 cm³/mol. The Morgan fingerprint density at radius 3 is 2.59 bits per heavy atom. The molecule has 0 saturated heterocycles. The molecule has 17 heavy (non-hydrogen) atoms. The molecule has 1 rings (SSSR count). The van der Waals surface area contributed by atoms with Crippen LogP contribution >= 0.6 is 0 Å². The largest absolute Gasteiger partial charge is 0.338 e. The van der Waals surface area contributed by atoms with E-state index in [0.717, 1.165) is 17.7 Å². The summed E-state index contributed by atoms with van der Waals surface area (Å²) in [6.45, 7) is 9.04. The highest BCUT2D eigenvalue weighted by atomic mass is 16.2. The average Bonchev–Trinajstić information content (AvgIpc) is 2.21. The number of rotatable bonds is 4. The van der Waals surface area contributed by atoms with Crippen molar-refractivity contribution in [2.75, 3.05) is 11.9 Å². The number of hydrogen-bond donors (Lipinski definition) is 2. The molecule has 0 saturated carbocycles. The Kier molecular flexibility index (Phi) is 5.01. The van der Waals surface area contributed by atoms with Gasteiger partial charge in [0.25, 0.3) is 0 Å². The van der Waals surface area contributed by atoms with Gasteiger partial charge in [-0.2, -0.15) is 0 Å². The van der Waals surface area contributed by atoms with E-state index in [1.807, 2.05) is 26.0 Å². The maximum Gasteiger partial charge on any atom is 0.319 e. The molecule has 1 aromatic carbocycles. The Bertz CT molecular complexity index is 386. The lowest BCUT2D eigenvalue weighted by Gasteiger charge is -2.11. The van der Waals surface area contributed by atoms with E-state index in [-0.39, 0.29) is 6.03 Å². The molecule has 0 aromatic heterocycles. The second kappa shape index (κ2) is 6.28. The number of carbonyl (C=O) groups excluding carboxylic acids is 1. The average molecular weight is 234 g/mol. The van der Waals surface area contributed by atoms with Crippen molar-refractivity contribution in [3.8, 4) is 0 Å². The minimum atomic E-state index is -0.127. The summed E-state index contributed by atoms with van der Waals surface area (Å²) >= 11 is 0. The van der Waals surface area contributed by atoms with Crippen LogP contribution in [0.1, 0.15) is 31.4 Å². The maximum atomic E-state index is 11.6. The summed E-state index contributed by atoms with van der Waals surface area (Å²) in [5.74, 6) is 0.608. The van der Waals surface area contributed by atoms with Crippen LogP contribution in [0.25, 0.3) is 0 Å². The lowest BCUT2D eigenvalue weighted by molar-refractivity contribution is 0.251. The van der Waals surface area contributed by atoms with Crippen LogP contribution < -0.4 is 10.6 Å². The van der Waals surface area contributed by atoms with Crippen molar-refractivity contribution < 1.29 is 4.79 Å². The Balaban J connectivity index is 2.45. The first-order valence-corrected chi connectivity index (χ1v) is 6.11. The van der Waals surface area contributed by atoms with Gasteiger partial charge in [-0.15, -0.1) is 0 Å². The molecule has 2 N–H and O–H groups in total. The summed E-state index contributed by atoms with van der Waals surface area (Å²) in [5, 5.41) is 5.72. The molecular weight excluding hydrogens is 212 g/mol. The number of amides is 2. The zero-order chi connectivity index (χ0) is 12.8. The molecule has 0 aliphatic heterocycles. The van der Waals surface area contributed by atoms with Crippen LogP contribution in [0.15, 0.2) is 18.2 Å². The third-order valence-corrected chi connectivity index (χ3v) is 2.64. The quantitative estimate of drug-likeness (QED) is 0.823. The topological polar surface area (TPSA) is 41.1 Å². The highest BCUT2D eigenvalue weighted by molar-refractivity contribution is 5.90. The van der Waals surface area contributed by atoms with Crippen LogP contribution in [0, 0.1) is 19.8 Å². The molecule has 2 amide bonds. The van der Waals surface area contributed by atoms with Crippen LogP contribution in [0.4, 0.5) is 10.5 Å². The van der Waals surface area contributed by atoms with Crippen molar-refractivity contribution >= 4 is 11.7 Å². The molecule has 0 unspecified atom stereocenters. The first-order chi connectivity index (χ1) is 7.99. The minimum absolute atomic E-state index is 0.127. The number of aryl methyl sites for hydroxylation is 2. The first kappa shape index (κ1) is 13.6. The van der Waals surface area contributed by atoms with Gasteiger partial charge in [-0.05, 0) is 37.8 Å². The number of benzene rings is 1. The van der Waals surface area contributed by atoms with Gasteiger partial charge >= 0.3 is 6.03 Å². The van der Waals surface area contributed by atoms with Gasteiger partial charge < -0.3 is 10.6 Å². The van der Waals surface area contributed by atoms with Gasteiger partial charge in [0, 0.05) is 12.2 Å². The van der Waals surface area contributed by atoms with Gasteiger partial charge in [0.15, 0.2) is 0 Å². The number of anilines is 1. The predicted octanol–water partition coefficient (Wildman–Crippen LogP) is 3.47. The standard InChI is InChI=1S/C14H22N2O/c1-10(2)7-8-15-14(17)16-13-6-5-11(3)9-12(13)4/h5-6,9-10H,7-8H2,1-4H3,(H2,15,16,17). The van der Waals surface area contributed by atoms with Gasteiger partial charge in [-0.3, -0.25) is 0 Å². The van der Waals surface area contributed by atoms with Crippen LogP contribution in [-0.4, -0.2) is 12.6 Å². The summed E-state index contributed by atoms with van der Waals surface area (Å²) in [7, 11) is 0. The summed E-state index contributed by atoms with van der Waals surface area (Å²) in [5.41, 5.74) is 3.16. The minimum Gasteiger partial charge on any atom is -0.338 e. The summed E-state index contributed by atoms with van der Waals surface area (Å²) in [6, 6.07) is 5.87. The Morgan fingerprint density at radius 1 is 1.29 bits per heavy atom. The van der Waals surface area contributed by atoms with E-state index in [1.54, 1.807) is 0 Å². The van der Waals surface area contributed by atoms with Gasteiger partial charge in [0.1, 0.15) is 0 Å². The maximum absolute atomic E-state index is 11.6. The molecule has 3 heteroatoms. The van der Waals surface area contributed by atoms with E-state index in [2.05, 4.69) is 30.5 Å². The highest BCUT2D eigenvalue weighted by Gasteiger charge is 2.04. The molecule has 0 spiro atoms. The van der Waals surface area contributed by atoms with Crippen LogP contribution in [0.3, 0.4) is 0 Å². The van der Waals surface area contributed by atoms with E-state index in [4.69, 9.17) is 0 Å². The second-order valence-electron chi connectivity index (χ2n) is 4.88. The molecule has 0 atom stereocenters. The highest BCUT2D eigenvalue weighted by Crippen LogP contribution is 2.15. The van der Waals surface area contributed by atoms with Crippen LogP contribution in [-0.2, 0) is 0 Å².